The van der Waals surface area contributed by atoms with E-state index in [1.54, 1.807) is 0 Å². The van der Waals surface area contributed by atoms with Gasteiger partial charge in [-0.1, -0.05) is 36.2 Å². The van der Waals surface area contributed by atoms with Gasteiger partial charge < -0.3 is 0 Å². The van der Waals surface area contributed by atoms with Crippen molar-refractivity contribution in [2.45, 2.75) is 44.9 Å². The molecule has 15 heavy (non-hydrogen) atoms. The average molecular weight is 223 g/mol. The molecule has 1 aliphatic carbocycles. The molecule has 0 radical (unpaired) electrons. The van der Waals surface area contributed by atoms with Gasteiger partial charge in [0.05, 0.1) is 0 Å². The van der Waals surface area contributed by atoms with Crippen LogP contribution in [0, 0.1) is 19.8 Å². The van der Waals surface area contributed by atoms with E-state index in [2.05, 4.69) is 39.0 Å². The summed E-state index contributed by atoms with van der Waals surface area (Å²) >= 11 is 6.29. The summed E-state index contributed by atoms with van der Waals surface area (Å²) < 4.78 is 0. The molecule has 0 N–H and O–H groups in total. The molecule has 0 aromatic heterocycles. The smallest absolute Gasteiger partial charge is 0.0367 e. The van der Waals surface area contributed by atoms with Crippen LogP contribution in [0.25, 0.3) is 0 Å². The summed E-state index contributed by atoms with van der Waals surface area (Å²) in [6, 6.07) is 6.88. The molecule has 3 atom stereocenters. The summed E-state index contributed by atoms with van der Waals surface area (Å²) in [6.07, 6.45) is 2.42. The maximum absolute atomic E-state index is 6.29. The number of aryl methyl sites for hydroxylation is 2. The summed E-state index contributed by atoms with van der Waals surface area (Å²) in [6.45, 7) is 6.63. The van der Waals surface area contributed by atoms with Crippen LogP contribution >= 0.6 is 11.6 Å². The van der Waals surface area contributed by atoms with Gasteiger partial charge in [-0.3, -0.25) is 0 Å². The van der Waals surface area contributed by atoms with E-state index in [1.165, 1.54) is 29.5 Å². The van der Waals surface area contributed by atoms with E-state index >= 15 is 0 Å². The Balaban J connectivity index is 2.30. The first-order valence-electron chi connectivity index (χ1n) is 5.80. The van der Waals surface area contributed by atoms with E-state index in [9.17, 15) is 0 Å². The summed E-state index contributed by atoms with van der Waals surface area (Å²) in [7, 11) is 0. The molecule has 1 aromatic carbocycles. The molecule has 0 saturated heterocycles. The quantitative estimate of drug-likeness (QED) is 0.617. The summed E-state index contributed by atoms with van der Waals surface area (Å²) in [5, 5.41) is 0.371. The fourth-order valence-electron chi connectivity index (χ4n) is 2.81. The van der Waals surface area contributed by atoms with Gasteiger partial charge in [0, 0.05) is 5.38 Å². The Morgan fingerprint density at radius 1 is 1.07 bits per heavy atom. The van der Waals surface area contributed by atoms with Crippen molar-refractivity contribution in [3.05, 3.63) is 34.9 Å². The molecule has 0 nitrogen and oxygen atoms in total. The minimum atomic E-state index is 0.371. The van der Waals surface area contributed by atoms with Crippen LogP contribution in [0.3, 0.4) is 0 Å². The van der Waals surface area contributed by atoms with Crippen molar-refractivity contribution >= 4 is 11.6 Å². The van der Waals surface area contributed by atoms with Crippen molar-refractivity contribution in [3.8, 4) is 0 Å². The minimum Gasteiger partial charge on any atom is -0.123 e. The highest BCUT2D eigenvalue weighted by atomic mass is 35.5. The van der Waals surface area contributed by atoms with E-state index < -0.39 is 0 Å². The van der Waals surface area contributed by atoms with E-state index in [0.717, 1.165) is 0 Å². The Hall–Kier alpha value is -0.490. The molecule has 0 amide bonds. The number of benzene rings is 1. The summed E-state index contributed by atoms with van der Waals surface area (Å²) in [4.78, 5) is 0. The standard InChI is InChI=1S/C14H19Cl/c1-9-6-10(2)8-12(7-9)13-4-5-14(15)11(13)3/h6-8,11,13-14H,4-5H2,1-3H3. The molecule has 0 spiro atoms. The Kier molecular flexibility index (Phi) is 3.06. The first kappa shape index (κ1) is 11.0. The first-order valence-corrected chi connectivity index (χ1v) is 6.24. The molecule has 1 aliphatic rings. The van der Waals surface area contributed by atoms with Crippen LogP contribution in [0.15, 0.2) is 18.2 Å². The predicted molar refractivity (Wildman–Crippen MR) is 66.7 cm³/mol. The molecular weight excluding hydrogens is 204 g/mol. The maximum atomic E-state index is 6.29. The highest BCUT2D eigenvalue weighted by Crippen LogP contribution is 2.42. The highest BCUT2D eigenvalue weighted by molar-refractivity contribution is 6.21. The fraction of sp³-hybridized carbons (Fsp3) is 0.571. The zero-order chi connectivity index (χ0) is 11.0. The number of hydrogen-bond donors (Lipinski definition) is 0. The van der Waals surface area contributed by atoms with Crippen molar-refractivity contribution in [2.24, 2.45) is 5.92 Å². The van der Waals surface area contributed by atoms with Gasteiger partial charge in [0.15, 0.2) is 0 Å². The lowest BCUT2D eigenvalue weighted by molar-refractivity contribution is 0.537. The van der Waals surface area contributed by atoms with E-state index in [1.807, 2.05) is 0 Å². The van der Waals surface area contributed by atoms with Crippen molar-refractivity contribution in [2.75, 3.05) is 0 Å². The molecule has 82 valence electrons. The largest absolute Gasteiger partial charge is 0.123 e. The molecule has 0 aliphatic heterocycles. The molecule has 1 aromatic rings. The van der Waals surface area contributed by atoms with Gasteiger partial charge in [0.1, 0.15) is 0 Å². The van der Waals surface area contributed by atoms with Gasteiger partial charge in [-0.15, -0.1) is 11.6 Å². The SMILES string of the molecule is Cc1cc(C)cc(C2CCC(Cl)C2C)c1. The van der Waals surface area contributed by atoms with Gasteiger partial charge in [0.2, 0.25) is 0 Å². The maximum Gasteiger partial charge on any atom is 0.0367 e. The van der Waals surface area contributed by atoms with Gasteiger partial charge in [-0.05, 0) is 44.1 Å². The second kappa shape index (κ2) is 4.17. The summed E-state index contributed by atoms with van der Waals surface area (Å²) in [5.41, 5.74) is 4.23. The Morgan fingerprint density at radius 2 is 1.67 bits per heavy atom. The molecule has 0 bridgehead atoms. The average Bonchev–Trinajstić information content (AvgIpc) is 2.46. The Morgan fingerprint density at radius 3 is 2.13 bits per heavy atom. The monoisotopic (exact) mass is 222 g/mol. The summed E-state index contributed by atoms with van der Waals surface area (Å²) in [5.74, 6) is 1.29. The Labute approximate surface area is 97.6 Å². The van der Waals surface area contributed by atoms with Gasteiger partial charge in [-0.2, -0.15) is 0 Å². The molecule has 0 heterocycles. The van der Waals surface area contributed by atoms with Crippen molar-refractivity contribution in [3.63, 3.8) is 0 Å². The van der Waals surface area contributed by atoms with Gasteiger partial charge >= 0.3 is 0 Å². The Bertz CT molecular complexity index is 336. The number of hydrogen-bond acceptors (Lipinski definition) is 0. The van der Waals surface area contributed by atoms with Crippen LogP contribution < -0.4 is 0 Å². The highest BCUT2D eigenvalue weighted by Gasteiger charge is 2.32. The molecule has 3 unspecified atom stereocenters. The number of alkyl halides is 1. The van der Waals surface area contributed by atoms with Crippen LogP contribution in [0.5, 0.6) is 0 Å². The van der Waals surface area contributed by atoms with Crippen molar-refractivity contribution < 1.29 is 0 Å². The lowest BCUT2D eigenvalue weighted by Gasteiger charge is -2.18. The van der Waals surface area contributed by atoms with Crippen LogP contribution in [0.1, 0.15) is 42.4 Å². The lowest BCUT2D eigenvalue weighted by atomic mass is 9.88. The number of rotatable bonds is 1. The van der Waals surface area contributed by atoms with Crippen LogP contribution in [-0.4, -0.2) is 5.38 Å². The van der Waals surface area contributed by atoms with Crippen LogP contribution in [-0.2, 0) is 0 Å². The molecule has 1 fully saturated rings. The second-order valence-corrected chi connectivity index (χ2v) is 5.54. The minimum absolute atomic E-state index is 0.371. The lowest BCUT2D eigenvalue weighted by Crippen LogP contribution is -2.09. The zero-order valence-electron chi connectivity index (χ0n) is 9.76. The van der Waals surface area contributed by atoms with E-state index in [4.69, 9.17) is 11.6 Å². The molecule has 2 rings (SSSR count). The molecule has 1 saturated carbocycles. The normalized spacial score (nSPS) is 30.8. The van der Waals surface area contributed by atoms with Crippen molar-refractivity contribution in [1.82, 2.24) is 0 Å². The van der Waals surface area contributed by atoms with E-state index in [0.29, 0.717) is 17.2 Å². The zero-order valence-corrected chi connectivity index (χ0v) is 10.5. The fourth-order valence-corrected chi connectivity index (χ4v) is 3.11. The molecule has 1 heteroatoms. The first-order chi connectivity index (χ1) is 7.08. The second-order valence-electron chi connectivity index (χ2n) is 4.98. The van der Waals surface area contributed by atoms with Crippen molar-refractivity contribution in [1.29, 1.82) is 0 Å². The van der Waals surface area contributed by atoms with E-state index in [-0.39, 0.29) is 0 Å². The third-order valence-electron chi connectivity index (χ3n) is 3.63. The van der Waals surface area contributed by atoms with Crippen LogP contribution in [0.4, 0.5) is 0 Å². The predicted octanol–water partition coefficient (Wildman–Crippen LogP) is 4.42. The van der Waals surface area contributed by atoms with Gasteiger partial charge in [-0.25, -0.2) is 0 Å². The van der Waals surface area contributed by atoms with Gasteiger partial charge in [0.25, 0.3) is 0 Å². The third-order valence-corrected chi connectivity index (χ3v) is 4.25. The van der Waals surface area contributed by atoms with Crippen LogP contribution in [0.2, 0.25) is 0 Å². The topological polar surface area (TPSA) is 0 Å². The number of halogens is 1. The third kappa shape index (κ3) is 2.20. The molecular formula is C14H19Cl.